The minimum atomic E-state index is -0.217. The van der Waals surface area contributed by atoms with Crippen LogP contribution in [0.15, 0.2) is 83.8 Å². The van der Waals surface area contributed by atoms with Crippen molar-refractivity contribution in [1.82, 2.24) is 0 Å². The van der Waals surface area contributed by atoms with Gasteiger partial charge in [-0.3, -0.25) is 15.1 Å². The summed E-state index contributed by atoms with van der Waals surface area (Å²) in [6, 6.07) is 24.6. The number of nitrogens with zero attached hydrogens (tertiary/aromatic N) is 1. The fourth-order valence-corrected chi connectivity index (χ4v) is 3.90. The van der Waals surface area contributed by atoms with Crippen LogP contribution in [0.1, 0.15) is 11.1 Å². The summed E-state index contributed by atoms with van der Waals surface area (Å²) in [5.41, 5.74) is 2.58. The molecule has 0 saturated carbocycles. The second-order valence-corrected chi connectivity index (χ2v) is 7.63. The van der Waals surface area contributed by atoms with Gasteiger partial charge in [-0.2, -0.15) is 0 Å². The second-order valence-electron chi connectivity index (χ2n) is 6.60. The van der Waals surface area contributed by atoms with Gasteiger partial charge in [0.25, 0.3) is 5.91 Å². The molecule has 1 aliphatic rings. The molecule has 30 heavy (non-hydrogen) atoms. The quantitative estimate of drug-likeness (QED) is 0.552. The van der Waals surface area contributed by atoms with Gasteiger partial charge in [0.05, 0.1) is 17.7 Å². The van der Waals surface area contributed by atoms with Crippen molar-refractivity contribution in [3.63, 3.8) is 0 Å². The van der Waals surface area contributed by atoms with Gasteiger partial charge in [0.2, 0.25) is 0 Å². The van der Waals surface area contributed by atoms with Gasteiger partial charge < -0.3 is 9.47 Å². The second kappa shape index (κ2) is 8.88. The van der Waals surface area contributed by atoms with Crippen LogP contribution in [0.2, 0.25) is 0 Å². The van der Waals surface area contributed by atoms with E-state index in [2.05, 4.69) is 0 Å². The molecule has 150 valence electrons. The minimum absolute atomic E-state index is 0.174. The Morgan fingerprint density at radius 3 is 2.47 bits per heavy atom. The predicted molar refractivity (Wildman–Crippen MR) is 121 cm³/mol. The van der Waals surface area contributed by atoms with Gasteiger partial charge in [-0.05, 0) is 65.4 Å². The molecular formula is C24H20N2O3S. The first-order valence-electron chi connectivity index (χ1n) is 9.37. The molecule has 0 atom stereocenters. The van der Waals surface area contributed by atoms with Gasteiger partial charge >= 0.3 is 0 Å². The van der Waals surface area contributed by atoms with Crippen molar-refractivity contribution in [3.05, 3.63) is 94.9 Å². The lowest BCUT2D eigenvalue weighted by Crippen LogP contribution is -2.27. The van der Waals surface area contributed by atoms with Crippen molar-refractivity contribution in [1.29, 1.82) is 5.41 Å². The van der Waals surface area contributed by atoms with E-state index in [0.717, 1.165) is 28.6 Å². The molecular weight excluding hydrogens is 396 g/mol. The first kappa shape index (κ1) is 19.8. The fraction of sp³-hybridized carbons (Fsp3) is 0.0833. The first-order chi connectivity index (χ1) is 14.6. The van der Waals surface area contributed by atoms with E-state index >= 15 is 0 Å². The number of thioether (sulfide) groups is 1. The van der Waals surface area contributed by atoms with Crippen LogP contribution in [0.25, 0.3) is 6.08 Å². The van der Waals surface area contributed by atoms with Crippen LogP contribution >= 0.6 is 11.8 Å². The Bertz CT molecular complexity index is 1090. The maximum Gasteiger partial charge on any atom is 0.271 e. The molecule has 0 bridgehead atoms. The monoisotopic (exact) mass is 416 g/mol. The van der Waals surface area contributed by atoms with Crippen molar-refractivity contribution >= 4 is 34.6 Å². The zero-order valence-corrected chi connectivity index (χ0v) is 17.2. The van der Waals surface area contributed by atoms with Crippen LogP contribution < -0.4 is 14.4 Å². The molecule has 4 rings (SSSR count). The predicted octanol–water partition coefficient (Wildman–Crippen LogP) is 5.33. The van der Waals surface area contributed by atoms with E-state index < -0.39 is 0 Å². The van der Waals surface area contributed by atoms with Gasteiger partial charge in [0.1, 0.15) is 18.1 Å². The van der Waals surface area contributed by atoms with Crippen molar-refractivity contribution in [2.75, 3.05) is 12.0 Å². The van der Waals surface area contributed by atoms with Crippen LogP contribution in [-0.2, 0) is 11.4 Å². The van der Waals surface area contributed by atoms with Gasteiger partial charge in [0, 0.05) is 0 Å². The SMILES string of the molecule is COc1ccc(N2C(=N)S/C(=C\c3cccc(OCc4ccccc4)c3)C2=O)cc1. The maximum atomic E-state index is 12.9. The highest BCUT2D eigenvalue weighted by Gasteiger charge is 2.33. The Morgan fingerprint density at radius 1 is 0.967 bits per heavy atom. The third-order valence-electron chi connectivity index (χ3n) is 4.56. The third-order valence-corrected chi connectivity index (χ3v) is 5.45. The number of anilines is 1. The number of carbonyl (C=O) groups excluding carboxylic acids is 1. The van der Waals surface area contributed by atoms with E-state index in [9.17, 15) is 4.79 Å². The number of hydrogen-bond acceptors (Lipinski definition) is 5. The Labute approximate surface area is 179 Å². The summed E-state index contributed by atoms with van der Waals surface area (Å²) >= 11 is 1.15. The number of ether oxygens (including phenoxy) is 2. The van der Waals surface area contributed by atoms with E-state index in [-0.39, 0.29) is 11.1 Å². The molecule has 3 aromatic rings. The molecule has 0 unspecified atom stereocenters. The summed E-state index contributed by atoms with van der Waals surface area (Å²) in [4.78, 5) is 14.8. The number of benzene rings is 3. The van der Waals surface area contributed by atoms with Gasteiger partial charge in [-0.25, -0.2) is 0 Å². The summed E-state index contributed by atoms with van der Waals surface area (Å²) in [6.45, 7) is 0.477. The maximum absolute atomic E-state index is 12.9. The molecule has 6 heteroatoms. The van der Waals surface area contributed by atoms with E-state index in [1.54, 1.807) is 37.5 Å². The Balaban J connectivity index is 1.50. The number of carbonyl (C=O) groups is 1. The molecule has 1 saturated heterocycles. The lowest BCUT2D eigenvalue weighted by Gasteiger charge is -2.14. The summed E-state index contributed by atoms with van der Waals surface area (Å²) in [6.07, 6.45) is 1.79. The summed E-state index contributed by atoms with van der Waals surface area (Å²) in [5, 5.41) is 8.42. The number of amides is 1. The number of nitrogens with one attached hydrogen (secondary N) is 1. The number of hydrogen-bond donors (Lipinski definition) is 1. The average molecular weight is 417 g/mol. The van der Waals surface area contributed by atoms with E-state index in [4.69, 9.17) is 14.9 Å². The summed E-state index contributed by atoms with van der Waals surface area (Å²) in [5.74, 6) is 1.21. The molecule has 1 aliphatic heterocycles. The van der Waals surface area contributed by atoms with E-state index in [1.807, 2.05) is 54.6 Å². The van der Waals surface area contributed by atoms with Crippen molar-refractivity contribution in [2.24, 2.45) is 0 Å². The molecule has 0 spiro atoms. The third kappa shape index (κ3) is 4.39. The molecule has 1 heterocycles. The lowest BCUT2D eigenvalue weighted by atomic mass is 10.2. The molecule has 1 amide bonds. The topological polar surface area (TPSA) is 62.6 Å². The normalized spacial score (nSPS) is 15.0. The summed E-state index contributed by atoms with van der Waals surface area (Å²) in [7, 11) is 1.59. The van der Waals surface area contributed by atoms with Gasteiger partial charge in [-0.1, -0.05) is 42.5 Å². The largest absolute Gasteiger partial charge is 0.497 e. The standard InChI is InChI=1S/C24H20N2O3S/c1-28-20-12-10-19(11-13-20)26-23(27)22(30-24(26)25)15-18-8-5-9-21(14-18)29-16-17-6-3-2-4-7-17/h2-15,25H,16H2,1H3/b22-15-,25-24?. The first-order valence-corrected chi connectivity index (χ1v) is 10.2. The zero-order valence-electron chi connectivity index (χ0n) is 16.4. The molecule has 3 aromatic carbocycles. The molecule has 1 N–H and O–H groups in total. The van der Waals surface area contributed by atoms with Gasteiger partial charge in [-0.15, -0.1) is 0 Å². The summed E-state index contributed by atoms with van der Waals surface area (Å²) < 4.78 is 11.0. The Hall–Kier alpha value is -3.51. The zero-order chi connectivity index (χ0) is 20.9. The van der Waals surface area contributed by atoms with Crippen LogP contribution in [0.4, 0.5) is 5.69 Å². The highest BCUT2D eigenvalue weighted by molar-refractivity contribution is 8.19. The molecule has 0 aliphatic carbocycles. The van der Waals surface area contributed by atoms with Crippen LogP contribution in [-0.4, -0.2) is 18.2 Å². The number of rotatable bonds is 6. The number of amidine groups is 1. The van der Waals surface area contributed by atoms with E-state index in [1.165, 1.54) is 4.90 Å². The Kier molecular flexibility index (Phi) is 5.86. The van der Waals surface area contributed by atoms with Gasteiger partial charge in [0.15, 0.2) is 5.17 Å². The number of methoxy groups -OCH3 is 1. The minimum Gasteiger partial charge on any atom is -0.497 e. The van der Waals surface area contributed by atoms with E-state index in [0.29, 0.717) is 22.9 Å². The van der Waals surface area contributed by atoms with Crippen LogP contribution in [0, 0.1) is 5.41 Å². The average Bonchev–Trinajstić information content (AvgIpc) is 3.06. The van der Waals surface area contributed by atoms with Crippen LogP contribution in [0.3, 0.4) is 0 Å². The lowest BCUT2D eigenvalue weighted by molar-refractivity contribution is -0.113. The molecule has 5 nitrogen and oxygen atoms in total. The van der Waals surface area contributed by atoms with Crippen molar-refractivity contribution in [2.45, 2.75) is 6.61 Å². The molecule has 0 radical (unpaired) electrons. The van der Waals surface area contributed by atoms with Crippen molar-refractivity contribution < 1.29 is 14.3 Å². The highest BCUT2D eigenvalue weighted by Crippen LogP contribution is 2.36. The fourth-order valence-electron chi connectivity index (χ4n) is 3.04. The van der Waals surface area contributed by atoms with Crippen LogP contribution in [0.5, 0.6) is 11.5 Å². The van der Waals surface area contributed by atoms with Crippen molar-refractivity contribution in [3.8, 4) is 11.5 Å². The molecule has 0 aromatic heterocycles. The Morgan fingerprint density at radius 2 is 1.73 bits per heavy atom. The molecule has 1 fully saturated rings. The smallest absolute Gasteiger partial charge is 0.271 e. The highest BCUT2D eigenvalue weighted by atomic mass is 32.2.